The Morgan fingerprint density at radius 3 is 2.57 bits per heavy atom. The van der Waals surface area contributed by atoms with Crippen molar-refractivity contribution in [3.63, 3.8) is 0 Å². The number of nitrogens with one attached hydrogen (secondary N) is 1. The van der Waals surface area contributed by atoms with Crippen molar-refractivity contribution in [2.24, 2.45) is 5.92 Å². The van der Waals surface area contributed by atoms with E-state index in [4.69, 9.17) is 0 Å². The Kier molecular flexibility index (Phi) is 8.43. The van der Waals surface area contributed by atoms with Crippen molar-refractivity contribution in [1.82, 2.24) is 5.32 Å². The minimum absolute atomic E-state index is 0.177. The van der Waals surface area contributed by atoms with E-state index in [9.17, 15) is 0 Å². The maximum Gasteiger partial charge on any atom is 0.0210 e. The molecule has 120 valence electrons. The fraction of sp³-hybridized carbons (Fsp3) is 0.684. The number of benzene rings is 1. The topological polar surface area (TPSA) is 12.0 Å². The molecule has 0 aliphatic heterocycles. The van der Waals surface area contributed by atoms with E-state index in [0.717, 1.165) is 12.5 Å². The second-order valence-electron chi connectivity index (χ2n) is 6.98. The lowest BCUT2D eigenvalue weighted by molar-refractivity contribution is 0.424. The fourth-order valence-corrected chi connectivity index (χ4v) is 3.46. The lowest BCUT2D eigenvalue weighted by Gasteiger charge is -2.20. The van der Waals surface area contributed by atoms with Crippen LogP contribution in [0.25, 0.3) is 0 Å². The number of thioether (sulfide) groups is 1. The molecule has 0 amide bonds. The van der Waals surface area contributed by atoms with Crippen molar-refractivity contribution < 1.29 is 0 Å². The van der Waals surface area contributed by atoms with Gasteiger partial charge in [0.15, 0.2) is 0 Å². The van der Waals surface area contributed by atoms with Crippen molar-refractivity contribution in [3.05, 3.63) is 29.8 Å². The van der Waals surface area contributed by atoms with Crippen molar-refractivity contribution in [3.8, 4) is 0 Å². The minimum Gasteiger partial charge on any atom is -0.308 e. The van der Waals surface area contributed by atoms with Crippen molar-refractivity contribution in [2.75, 3.05) is 5.75 Å². The SMILES string of the molecule is CCCCC(CC)CSc1cccc(CNC(C)(C)C)c1. The molecule has 0 aromatic heterocycles. The highest BCUT2D eigenvalue weighted by molar-refractivity contribution is 7.99. The van der Waals surface area contributed by atoms with Crippen LogP contribution in [0.3, 0.4) is 0 Å². The van der Waals surface area contributed by atoms with Gasteiger partial charge in [-0.1, -0.05) is 45.2 Å². The van der Waals surface area contributed by atoms with Gasteiger partial charge in [0.2, 0.25) is 0 Å². The minimum atomic E-state index is 0.177. The van der Waals surface area contributed by atoms with Crippen molar-refractivity contribution in [2.45, 2.75) is 77.3 Å². The van der Waals surface area contributed by atoms with E-state index in [1.807, 2.05) is 11.8 Å². The average molecular weight is 308 g/mol. The Morgan fingerprint density at radius 2 is 1.95 bits per heavy atom. The second kappa shape index (κ2) is 9.53. The first-order chi connectivity index (χ1) is 9.94. The van der Waals surface area contributed by atoms with Crippen molar-refractivity contribution in [1.29, 1.82) is 0 Å². The summed E-state index contributed by atoms with van der Waals surface area (Å²) >= 11 is 2.02. The van der Waals surface area contributed by atoms with Crippen LogP contribution < -0.4 is 5.32 Å². The van der Waals surface area contributed by atoms with Gasteiger partial charge in [-0.25, -0.2) is 0 Å². The monoisotopic (exact) mass is 307 g/mol. The van der Waals surface area contributed by atoms with Crippen LogP contribution in [0.15, 0.2) is 29.2 Å². The molecule has 2 heteroatoms. The molecule has 1 N–H and O–H groups in total. The summed E-state index contributed by atoms with van der Waals surface area (Å²) in [6.07, 6.45) is 5.37. The van der Waals surface area contributed by atoms with E-state index in [1.165, 1.54) is 41.9 Å². The van der Waals surface area contributed by atoms with Gasteiger partial charge in [0.1, 0.15) is 0 Å². The molecular weight excluding hydrogens is 274 g/mol. The number of rotatable bonds is 9. The Bertz CT molecular complexity index is 395. The summed E-state index contributed by atoms with van der Waals surface area (Å²) in [5.74, 6) is 2.12. The number of hydrogen-bond acceptors (Lipinski definition) is 2. The molecule has 1 nitrogen and oxygen atoms in total. The van der Waals surface area contributed by atoms with Gasteiger partial charge in [0.05, 0.1) is 0 Å². The van der Waals surface area contributed by atoms with E-state index in [-0.39, 0.29) is 5.54 Å². The summed E-state index contributed by atoms with van der Waals surface area (Å²) in [4.78, 5) is 1.41. The smallest absolute Gasteiger partial charge is 0.0210 e. The van der Waals surface area contributed by atoms with Gasteiger partial charge >= 0.3 is 0 Å². The molecule has 0 saturated heterocycles. The summed E-state index contributed by atoms with van der Waals surface area (Å²) in [5, 5.41) is 3.56. The second-order valence-corrected chi connectivity index (χ2v) is 8.07. The average Bonchev–Trinajstić information content (AvgIpc) is 2.45. The van der Waals surface area contributed by atoms with Gasteiger partial charge in [-0.05, 0) is 50.8 Å². The number of hydrogen-bond donors (Lipinski definition) is 1. The van der Waals surface area contributed by atoms with Gasteiger partial charge in [-0.15, -0.1) is 11.8 Å². The molecular formula is C19H33NS. The fourth-order valence-electron chi connectivity index (χ4n) is 2.22. The Hall–Kier alpha value is -0.470. The van der Waals surface area contributed by atoms with Gasteiger partial charge in [0.25, 0.3) is 0 Å². The zero-order valence-corrected chi connectivity index (χ0v) is 15.4. The molecule has 0 spiro atoms. The van der Waals surface area contributed by atoms with E-state index in [2.05, 4.69) is 64.2 Å². The molecule has 0 heterocycles. The van der Waals surface area contributed by atoms with Crippen molar-refractivity contribution >= 4 is 11.8 Å². The van der Waals surface area contributed by atoms with Crippen LogP contribution in [0.2, 0.25) is 0 Å². The van der Waals surface area contributed by atoms with Crippen LogP contribution >= 0.6 is 11.8 Å². The molecule has 0 saturated carbocycles. The normalized spacial score (nSPS) is 13.4. The van der Waals surface area contributed by atoms with Crippen LogP contribution in [0, 0.1) is 5.92 Å². The lowest BCUT2D eigenvalue weighted by atomic mass is 10.0. The molecule has 0 aliphatic carbocycles. The highest BCUT2D eigenvalue weighted by atomic mass is 32.2. The zero-order chi connectivity index (χ0) is 15.7. The molecule has 1 rings (SSSR count). The highest BCUT2D eigenvalue weighted by Crippen LogP contribution is 2.25. The molecule has 0 bridgehead atoms. The first-order valence-corrected chi connectivity index (χ1v) is 9.40. The molecule has 0 aliphatic rings. The van der Waals surface area contributed by atoms with Gasteiger partial charge in [-0.2, -0.15) is 0 Å². The largest absolute Gasteiger partial charge is 0.308 e. The summed E-state index contributed by atoms with van der Waals surface area (Å²) in [6, 6.07) is 9.00. The quantitative estimate of drug-likeness (QED) is 0.571. The molecule has 1 unspecified atom stereocenters. The van der Waals surface area contributed by atoms with Crippen LogP contribution in [-0.2, 0) is 6.54 Å². The van der Waals surface area contributed by atoms with E-state index in [0.29, 0.717) is 0 Å². The lowest BCUT2D eigenvalue weighted by Crippen LogP contribution is -2.35. The molecule has 21 heavy (non-hydrogen) atoms. The predicted molar refractivity (Wildman–Crippen MR) is 97.1 cm³/mol. The Morgan fingerprint density at radius 1 is 1.19 bits per heavy atom. The Labute approximate surface area is 136 Å². The third kappa shape index (κ3) is 8.53. The van der Waals surface area contributed by atoms with Gasteiger partial charge < -0.3 is 5.32 Å². The van der Waals surface area contributed by atoms with Crippen LogP contribution in [0.1, 0.15) is 65.9 Å². The molecule has 0 fully saturated rings. The van der Waals surface area contributed by atoms with Crippen LogP contribution in [0.4, 0.5) is 0 Å². The first kappa shape index (κ1) is 18.6. The van der Waals surface area contributed by atoms with E-state index >= 15 is 0 Å². The standard InChI is InChI=1S/C19H33NS/c1-6-8-10-16(7-2)15-21-18-12-9-11-17(13-18)14-20-19(3,4)5/h9,11-13,16,20H,6-8,10,14-15H2,1-5H3. The summed E-state index contributed by atoms with van der Waals surface area (Å²) in [6.45, 7) is 12.2. The van der Waals surface area contributed by atoms with E-state index in [1.54, 1.807) is 0 Å². The van der Waals surface area contributed by atoms with Crippen LogP contribution in [0.5, 0.6) is 0 Å². The highest BCUT2D eigenvalue weighted by Gasteiger charge is 2.09. The first-order valence-electron chi connectivity index (χ1n) is 8.41. The molecule has 1 aromatic rings. The summed E-state index contributed by atoms with van der Waals surface area (Å²) < 4.78 is 0. The molecule has 1 aromatic carbocycles. The zero-order valence-electron chi connectivity index (χ0n) is 14.5. The third-order valence-electron chi connectivity index (χ3n) is 3.75. The predicted octanol–water partition coefficient (Wildman–Crippen LogP) is 5.88. The summed E-state index contributed by atoms with van der Waals surface area (Å²) in [5.41, 5.74) is 1.56. The third-order valence-corrected chi connectivity index (χ3v) is 4.98. The van der Waals surface area contributed by atoms with Gasteiger partial charge in [0, 0.05) is 22.7 Å². The molecule has 0 radical (unpaired) electrons. The Balaban J connectivity index is 2.48. The number of unbranched alkanes of at least 4 members (excludes halogenated alkanes) is 1. The summed E-state index contributed by atoms with van der Waals surface area (Å²) in [7, 11) is 0. The maximum atomic E-state index is 3.56. The molecule has 1 atom stereocenters. The van der Waals surface area contributed by atoms with Crippen LogP contribution in [-0.4, -0.2) is 11.3 Å². The van der Waals surface area contributed by atoms with E-state index < -0.39 is 0 Å². The van der Waals surface area contributed by atoms with Gasteiger partial charge in [-0.3, -0.25) is 0 Å². The maximum absolute atomic E-state index is 3.56.